The Labute approximate surface area is 67.9 Å². The van der Waals surface area contributed by atoms with Gasteiger partial charge in [-0.2, -0.15) is 0 Å². The molecule has 0 unspecified atom stereocenters. The molecule has 0 fully saturated rings. The molecule has 0 amide bonds. The van der Waals surface area contributed by atoms with E-state index in [9.17, 15) is 4.79 Å². The van der Waals surface area contributed by atoms with Crippen LogP contribution in [0.2, 0.25) is 0 Å². The van der Waals surface area contributed by atoms with E-state index in [1.165, 1.54) is 0 Å². The van der Waals surface area contributed by atoms with Crippen LogP contribution in [-0.4, -0.2) is 11.1 Å². The van der Waals surface area contributed by atoms with Gasteiger partial charge in [-0.1, -0.05) is 33.8 Å². The molecule has 64 valence electrons. The Balaban J connectivity index is 4.63. The molecule has 11 heavy (non-hydrogen) atoms. The van der Waals surface area contributed by atoms with Gasteiger partial charge in [-0.15, -0.1) is 0 Å². The molecule has 2 heteroatoms. The molecule has 0 aromatic rings. The second-order valence-electron chi connectivity index (χ2n) is 3.58. The molecule has 0 aromatic heterocycles. The van der Waals surface area contributed by atoms with Crippen LogP contribution in [-0.2, 0) is 4.79 Å². The molecule has 1 N–H and O–H groups in total. The molecule has 0 spiro atoms. The summed E-state index contributed by atoms with van der Waals surface area (Å²) in [6, 6.07) is 0. The summed E-state index contributed by atoms with van der Waals surface area (Å²) in [6.07, 6.45) is 2.54. The Morgan fingerprint density at radius 3 is 2.00 bits per heavy atom. The molecule has 0 aromatic carbocycles. The smallest absolute Gasteiger partial charge is 0.331 e. The number of carbonyl (C=O) groups is 1. The predicted molar refractivity (Wildman–Crippen MR) is 45.5 cm³/mol. The van der Waals surface area contributed by atoms with E-state index in [4.69, 9.17) is 5.11 Å². The fourth-order valence-corrected chi connectivity index (χ4v) is 0.918. The third-order valence-corrected chi connectivity index (χ3v) is 1.45. The van der Waals surface area contributed by atoms with Crippen molar-refractivity contribution in [3.05, 3.63) is 11.6 Å². The van der Waals surface area contributed by atoms with Crippen LogP contribution in [0.15, 0.2) is 11.6 Å². The summed E-state index contributed by atoms with van der Waals surface area (Å²) < 4.78 is 0. The molecule has 0 aliphatic rings. The highest BCUT2D eigenvalue weighted by Gasteiger charge is 2.22. The summed E-state index contributed by atoms with van der Waals surface area (Å²) in [5, 5.41) is 8.77. The van der Waals surface area contributed by atoms with E-state index in [0.29, 0.717) is 5.57 Å². The number of aliphatic carboxylic acids is 1. The number of hydrogen-bond donors (Lipinski definition) is 1. The highest BCUT2D eigenvalue weighted by Crippen LogP contribution is 2.25. The molecular formula is C9H16O2. The van der Waals surface area contributed by atoms with Gasteiger partial charge in [0, 0.05) is 5.57 Å². The van der Waals surface area contributed by atoms with Gasteiger partial charge in [-0.05, 0) is 11.8 Å². The van der Waals surface area contributed by atoms with Gasteiger partial charge in [0.25, 0.3) is 0 Å². The number of hydrogen-bond acceptors (Lipinski definition) is 1. The highest BCUT2D eigenvalue weighted by molar-refractivity contribution is 5.87. The van der Waals surface area contributed by atoms with E-state index in [2.05, 4.69) is 0 Å². The average Bonchev–Trinajstić information content (AvgIpc) is 1.79. The average molecular weight is 156 g/mol. The molecule has 0 aliphatic carbocycles. The Bertz CT molecular complexity index is 172. The molecule has 0 atom stereocenters. The molecule has 0 heterocycles. The SMILES string of the molecule is CC/C=C(/C(=O)O)C(C)(C)C. The van der Waals surface area contributed by atoms with Gasteiger partial charge in [-0.3, -0.25) is 0 Å². The molecule has 2 nitrogen and oxygen atoms in total. The Morgan fingerprint density at radius 1 is 1.45 bits per heavy atom. The van der Waals surface area contributed by atoms with Crippen molar-refractivity contribution >= 4 is 5.97 Å². The lowest BCUT2D eigenvalue weighted by Crippen LogP contribution is -2.17. The second kappa shape index (κ2) is 3.56. The zero-order valence-electron chi connectivity index (χ0n) is 7.64. The lowest BCUT2D eigenvalue weighted by Gasteiger charge is -2.18. The van der Waals surface area contributed by atoms with Crippen molar-refractivity contribution in [1.29, 1.82) is 0 Å². The van der Waals surface area contributed by atoms with Crippen molar-refractivity contribution in [2.24, 2.45) is 5.41 Å². The summed E-state index contributed by atoms with van der Waals surface area (Å²) in [4.78, 5) is 10.7. The van der Waals surface area contributed by atoms with Crippen LogP contribution in [0.1, 0.15) is 34.1 Å². The van der Waals surface area contributed by atoms with E-state index in [1.807, 2.05) is 27.7 Å². The summed E-state index contributed by atoms with van der Waals surface area (Å²) in [7, 11) is 0. The number of allylic oxidation sites excluding steroid dienone is 1. The van der Waals surface area contributed by atoms with Gasteiger partial charge < -0.3 is 5.11 Å². The van der Waals surface area contributed by atoms with Gasteiger partial charge >= 0.3 is 5.97 Å². The Morgan fingerprint density at radius 2 is 1.91 bits per heavy atom. The zero-order chi connectivity index (χ0) is 9.07. The predicted octanol–water partition coefficient (Wildman–Crippen LogP) is 2.45. The maximum atomic E-state index is 10.7. The van der Waals surface area contributed by atoms with Crippen molar-refractivity contribution in [1.82, 2.24) is 0 Å². The monoisotopic (exact) mass is 156 g/mol. The number of carboxylic acid groups (broad SMARTS) is 1. The maximum Gasteiger partial charge on any atom is 0.331 e. The van der Waals surface area contributed by atoms with Gasteiger partial charge in [0.15, 0.2) is 0 Å². The first-order valence-electron chi connectivity index (χ1n) is 3.83. The minimum atomic E-state index is -0.806. The van der Waals surface area contributed by atoms with Gasteiger partial charge in [0.05, 0.1) is 0 Å². The molecule has 0 saturated carbocycles. The summed E-state index contributed by atoms with van der Waals surface area (Å²) in [5.74, 6) is -0.806. The van der Waals surface area contributed by atoms with Crippen molar-refractivity contribution in [2.75, 3.05) is 0 Å². The third kappa shape index (κ3) is 3.21. The van der Waals surface area contributed by atoms with Crippen LogP contribution in [0.4, 0.5) is 0 Å². The van der Waals surface area contributed by atoms with E-state index < -0.39 is 5.97 Å². The Hall–Kier alpha value is -0.790. The second-order valence-corrected chi connectivity index (χ2v) is 3.58. The fourth-order valence-electron chi connectivity index (χ4n) is 0.918. The minimum absolute atomic E-state index is 0.248. The first-order chi connectivity index (χ1) is 4.89. The highest BCUT2D eigenvalue weighted by atomic mass is 16.4. The topological polar surface area (TPSA) is 37.3 Å². The standard InChI is InChI=1S/C9H16O2/c1-5-6-7(8(10)11)9(2,3)4/h6H,5H2,1-4H3,(H,10,11)/b7-6-. The van der Waals surface area contributed by atoms with E-state index in [0.717, 1.165) is 6.42 Å². The van der Waals surface area contributed by atoms with Crippen molar-refractivity contribution in [3.8, 4) is 0 Å². The lowest BCUT2D eigenvalue weighted by molar-refractivity contribution is -0.133. The maximum absolute atomic E-state index is 10.7. The van der Waals surface area contributed by atoms with E-state index in [1.54, 1.807) is 6.08 Å². The summed E-state index contributed by atoms with van der Waals surface area (Å²) >= 11 is 0. The van der Waals surface area contributed by atoms with Gasteiger partial charge in [0.2, 0.25) is 0 Å². The van der Waals surface area contributed by atoms with Crippen LogP contribution in [0.3, 0.4) is 0 Å². The van der Waals surface area contributed by atoms with E-state index >= 15 is 0 Å². The quantitative estimate of drug-likeness (QED) is 0.623. The van der Waals surface area contributed by atoms with Crippen LogP contribution in [0, 0.1) is 5.41 Å². The summed E-state index contributed by atoms with van der Waals surface area (Å²) in [6.45, 7) is 7.66. The number of carboxylic acids is 1. The van der Waals surface area contributed by atoms with Crippen molar-refractivity contribution < 1.29 is 9.90 Å². The Kier molecular flexibility index (Phi) is 3.30. The molecule has 0 radical (unpaired) electrons. The van der Waals surface area contributed by atoms with Crippen LogP contribution >= 0.6 is 0 Å². The van der Waals surface area contributed by atoms with Crippen LogP contribution in [0.25, 0.3) is 0 Å². The van der Waals surface area contributed by atoms with Gasteiger partial charge in [0.1, 0.15) is 0 Å². The first-order valence-corrected chi connectivity index (χ1v) is 3.83. The van der Waals surface area contributed by atoms with E-state index in [-0.39, 0.29) is 5.41 Å². The molecule has 0 saturated heterocycles. The van der Waals surface area contributed by atoms with Crippen LogP contribution in [0.5, 0.6) is 0 Å². The molecule has 0 bridgehead atoms. The van der Waals surface area contributed by atoms with Gasteiger partial charge in [-0.25, -0.2) is 4.79 Å². The van der Waals surface area contributed by atoms with Crippen molar-refractivity contribution in [2.45, 2.75) is 34.1 Å². The van der Waals surface area contributed by atoms with Crippen LogP contribution < -0.4 is 0 Å². The largest absolute Gasteiger partial charge is 0.478 e. The third-order valence-electron chi connectivity index (χ3n) is 1.45. The summed E-state index contributed by atoms with van der Waals surface area (Å²) in [5.41, 5.74) is 0.252. The lowest BCUT2D eigenvalue weighted by atomic mass is 9.86. The minimum Gasteiger partial charge on any atom is -0.478 e. The first kappa shape index (κ1) is 10.2. The number of rotatable bonds is 2. The fraction of sp³-hybridized carbons (Fsp3) is 0.667. The zero-order valence-corrected chi connectivity index (χ0v) is 7.64. The molecular weight excluding hydrogens is 140 g/mol. The molecule has 0 rings (SSSR count). The normalized spacial score (nSPS) is 13.3. The van der Waals surface area contributed by atoms with Crippen molar-refractivity contribution in [3.63, 3.8) is 0 Å². The molecule has 0 aliphatic heterocycles.